The summed E-state index contributed by atoms with van der Waals surface area (Å²) in [4.78, 5) is 30.6. The number of aliphatic hydroxyl groups is 1. The molecule has 0 saturated heterocycles. The number of carbonyl (C=O) groups excluding carboxylic acids is 2. The third-order valence-electron chi connectivity index (χ3n) is 12.1. The standard InChI is InChI=1S/C51H67N3O5/c1-37(35-53-2)28-41(24-27-51(58)25-8-5-9-26-51)16-11-17-46(55)34-47(56)23-22-42-32-49(59-3)48(57)31-44(42)30-45-36-54-50(52)33-43(45)21-20-40-15-10-14-39(29-40)19-18-38-12-6-4-7-13-38/h4,6-7,10,12-15,22-23,29,31-33,36-37,41,53,57-58H,5,8-9,11,16-21,24-28,30,34-35H2,1-3H3,(H2,52,54)/t37-,41-/m1/s1. The molecule has 8 heteroatoms. The molecule has 0 amide bonds. The van der Waals surface area contributed by atoms with Crippen LogP contribution in [0.25, 0.3) is 6.08 Å². The fraction of sp³-hybridized carbons (Fsp3) is 0.471. The fourth-order valence-corrected chi connectivity index (χ4v) is 8.82. The fourth-order valence-electron chi connectivity index (χ4n) is 8.82. The molecule has 59 heavy (non-hydrogen) atoms. The highest BCUT2D eigenvalue weighted by atomic mass is 16.5. The molecule has 0 bridgehead atoms. The van der Waals surface area contributed by atoms with Gasteiger partial charge in [-0.2, -0.15) is 0 Å². The van der Waals surface area contributed by atoms with Gasteiger partial charge in [-0.05, 0) is 159 Å². The van der Waals surface area contributed by atoms with E-state index >= 15 is 0 Å². The smallest absolute Gasteiger partial charge is 0.163 e. The lowest BCUT2D eigenvalue weighted by Gasteiger charge is -2.34. The van der Waals surface area contributed by atoms with Crippen LogP contribution in [0.4, 0.5) is 5.82 Å². The van der Waals surface area contributed by atoms with Gasteiger partial charge in [0.25, 0.3) is 0 Å². The minimum Gasteiger partial charge on any atom is -0.504 e. The second-order valence-electron chi connectivity index (χ2n) is 17.1. The number of pyridine rings is 1. The Morgan fingerprint density at radius 1 is 0.898 bits per heavy atom. The van der Waals surface area contributed by atoms with Crippen LogP contribution in [-0.4, -0.2) is 53.1 Å². The Morgan fingerprint density at radius 2 is 1.61 bits per heavy atom. The zero-order chi connectivity index (χ0) is 42.0. The minimum atomic E-state index is -0.539. The maximum atomic E-state index is 13.1. The summed E-state index contributed by atoms with van der Waals surface area (Å²) in [6, 6.07) is 24.6. The molecule has 316 valence electrons. The first kappa shape index (κ1) is 45.3. The molecule has 1 heterocycles. The summed E-state index contributed by atoms with van der Waals surface area (Å²) in [6.07, 6.45) is 18.9. The number of nitrogen functional groups attached to an aromatic ring is 1. The number of hydrogen-bond acceptors (Lipinski definition) is 8. The predicted octanol–water partition coefficient (Wildman–Crippen LogP) is 9.59. The zero-order valence-corrected chi connectivity index (χ0v) is 35.7. The molecule has 0 unspecified atom stereocenters. The number of allylic oxidation sites excluding steroid dienone is 1. The van der Waals surface area contributed by atoms with E-state index in [1.165, 1.54) is 36.3 Å². The third kappa shape index (κ3) is 15.1. The summed E-state index contributed by atoms with van der Waals surface area (Å²) in [5.74, 6) is 1.39. The molecule has 5 N–H and O–H groups in total. The highest BCUT2D eigenvalue weighted by Gasteiger charge is 2.30. The van der Waals surface area contributed by atoms with E-state index in [9.17, 15) is 19.8 Å². The molecule has 2 atom stereocenters. The predicted molar refractivity (Wildman–Crippen MR) is 240 cm³/mol. The largest absolute Gasteiger partial charge is 0.504 e. The first-order valence-corrected chi connectivity index (χ1v) is 21.9. The van der Waals surface area contributed by atoms with Crippen molar-refractivity contribution < 1.29 is 24.5 Å². The van der Waals surface area contributed by atoms with Crippen LogP contribution >= 0.6 is 0 Å². The van der Waals surface area contributed by atoms with Crippen LogP contribution in [0.15, 0.2) is 85.1 Å². The second-order valence-corrected chi connectivity index (χ2v) is 17.1. The number of carbonyl (C=O) groups is 2. The topological polar surface area (TPSA) is 135 Å². The Morgan fingerprint density at radius 3 is 2.34 bits per heavy atom. The van der Waals surface area contributed by atoms with Crippen molar-refractivity contribution in [1.29, 1.82) is 0 Å². The number of benzene rings is 3. The summed E-state index contributed by atoms with van der Waals surface area (Å²) in [6.45, 7) is 3.20. The number of Topliss-reactive ketones (excluding diaryl/α,β-unsaturated/α-hetero) is 1. The number of aromatic nitrogens is 1. The molecule has 5 rings (SSSR count). The number of phenols is 1. The van der Waals surface area contributed by atoms with Crippen LogP contribution in [-0.2, 0) is 41.7 Å². The van der Waals surface area contributed by atoms with E-state index in [-0.39, 0.29) is 23.7 Å². The number of nitrogens with two attached hydrogens (primary N) is 1. The van der Waals surface area contributed by atoms with Crippen molar-refractivity contribution in [3.8, 4) is 11.5 Å². The van der Waals surface area contributed by atoms with Crippen LogP contribution in [0.3, 0.4) is 0 Å². The molecule has 1 aromatic heterocycles. The van der Waals surface area contributed by atoms with E-state index in [1.54, 1.807) is 24.4 Å². The number of nitrogens with one attached hydrogen (secondary N) is 1. The van der Waals surface area contributed by atoms with Crippen LogP contribution in [0, 0.1) is 11.8 Å². The molecule has 0 radical (unpaired) electrons. The Labute approximate surface area is 352 Å². The lowest BCUT2D eigenvalue weighted by molar-refractivity contribution is -0.124. The quantitative estimate of drug-likeness (QED) is 0.0407. The number of rotatable bonds is 24. The number of nitrogens with zero attached hydrogens (tertiary/aromatic N) is 1. The average molecular weight is 802 g/mol. The summed E-state index contributed by atoms with van der Waals surface area (Å²) >= 11 is 0. The highest BCUT2D eigenvalue weighted by Crippen LogP contribution is 2.35. The van der Waals surface area contributed by atoms with E-state index in [2.05, 4.69) is 65.8 Å². The Balaban J connectivity index is 1.19. The van der Waals surface area contributed by atoms with Crippen molar-refractivity contribution >= 4 is 23.5 Å². The minimum absolute atomic E-state index is 0.00461. The normalized spacial score (nSPS) is 14.9. The van der Waals surface area contributed by atoms with Crippen molar-refractivity contribution in [3.05, 3.63) is 124 Å². The molecular formula is C51H67N3O5. The SMILES string of the molecule is CNC[C@H](C)C[C@H](CCCC(=O)CC(=O)C=Cc1cc(OC)c(O)cc1Cc1cnc(N)cc1CCc1cccc(CCc2ccccc2)c1)CCC1(O)CCCCC1. The lowest BCUT2D eigenvalue weighted by Crippen LogP contribution is -2.32. The first-order valence-electron chi connectivity index (χ1n) is 21.9. The molecule has 1 fully saturated rings. The van der Waals surface area contributed by atoms with Crippen molar-refractivity contribution in [2.45, 2.75) is 122 Å². The molecular weight excluding hydrogens is 735 g/mol. The van der Waals surface area contributed by atoms with E-state index in [0.717, 1.165) is 107 Å². The van der Waals surface area contributed by atoms with Crippen LogP contribution in [0.5, 0.6) is 11.5 Å². The molecule has 0 aliphatic heterocycles. The Hall–Kier alpha value is -4.79. The van der Waals surface area contributed by atoms with E-state index in [0.29, 0.717) is 41.8 Å². The van der Waals surface area contributed by atoms with Crippen molar-refractivity contribution in [2.75, 3.05) is 26.4 Å². The number of ether oxygens (including phenoxy) is 1. The van der Waals surface area contributed by atoms with Crippen LogP contribution in [0.1, 0.15) is 123 Å². The van der Waals surface area contributed by atoms with Gasteiger partial charge in [-0.1, -0.05) is 93.3 Å². The first-order chi connectivity index (χ1) is 28.5. The van der Waals surface area contributed by atoms with E-state index in [1.807, 2.05) is 19.2 Å². The number of aromatic hydroxyl groups is 1. The van der Waals surface area contributed by atoms with Crippen LogP contribution in [0.2, 0.25) is 0 Å². The third-order valence-corrected chi connectivity index (χ3v) is 12.1. The average Bonchev–Trinajstić information content (AvgIpc) is 3.22. The summed E-state index contributed by atoms with van der Waals surface area (Å²) in [5.41, 5.74) is 13.1. The molecule has 1 aliphatic rings. The second kappa shape index (κ2) is 23.1. The zero-order valence-electron chi connectivity index (χ0n) is 35.7. The van der Waals surface area contributed by atoms with Gasteiger partial charge in [-0.15, -0.1) is 0 Å². The lowest BCUT2D eigenvalue weighted by atomic mass is 9.78. The molecule has 1 aliphatic carbocycles. The van der Waals surface area contributed by atoms with E-state index in [4.69, 9.17) is 10.5 Å². The van der Waals surface area contributed by atoms with Gasteiger partial charge >= 0.3 is 0 Å². The number of anilines is 1. The van der Waals surface area contributed by atoms with Gasteiger partial charge in [0.15, 0.2) is 17.3 Å². The Kier molecular flexibility index (Phi) is 17.7. The molecule has 0 spiro atoms. The van der Waals surface area contributed by atoms with Gasteiger partial charge in [0.05, 0.1) is 19.1 Å². The monoisotopic (exact) mass is 802 g/mol. The Bertz CT molecular complexity index is 1970. The van der Waals surface area contributed by atoms with Crippen molar-refractivity contribution in [1.82, 2.24) is 10.3 Å². The van der Waals surface area contributed by atoms with Gasteiger partial charge < -0.3 is 26.0 Å². The van der Waals surface area contributed by atoms with Crippen LogP contribution < -0.4 is 15.8 Å². The van der Waals surface area contributed by atoms with Gasteiger partial charge in [-0.25, -0.2) is 4.98 Å². The van der Waals surface area contributed by atoms with Crippen molar-refractivity contribution in [3.63, 3.8) is 0 Å². The molecule has 8 nitrogen and oxygen atoms in total. The van der Waals surface area contributed by atoms with Gasteiger partial charge in [0, 0.05) is 12.6 Å². The summed E-state index contributed by atoms with van der Waals surface area (Å²) < 4.78 is 5.43. The highest BCUT2D eigenvalue weighted by molar-refractivity contribution is 6.06. The number of aryl methyl sites for hydroxylation is 4. The maximum Gasteiger partial charge on any atom is 0.163 e. The number of methoxy groups -OCH3 is 1. The maximum absolute atomic E-state index is 13.1. The number of phenolic OH excluding ortho intramolecular Hbond substituents is 1. The van der Waals surface area contributed by atoms with Gasteiger partial charge in [0.1, 0.15) is 11.6 Å². The molecule has 3 aromatic carbocycles. The van der Waals surface area contributed by atoms with Gasteiger partial charge in [-0.3, -0.25) is 9.59 Å². The number of ketones is 2. The number of hydrogen-bond donors (Lipinski definition) is 4. The summed E-state index contributed by atoms with van der Waals surface area (Å²) in [5, 5.41) is 25.2. The van der Waals surface area contributed by atoms with Gasteiger partial charge in [0.2, 0.25) is 0 Å². The molecule has 1 saturated carbocycles. The molecule has 4 aromatic rings. The van der Waals surface area contributed by atoms with E-state index < -0.39 is 5.60 Å². The van der Waals surface area contributed by atoms with Crippen molar-refractivity contribution in [2.24, 2.45) is 11.8 Å². The summed E-state index contributed by atoms with van der Waals surface area (Å²) in [7, 11) is 3.47.